The molecule has 2 aromatic carbocycles. The standard InChI is InChI=1S/C20H20N2O2/c1-2-13-24-20(23)18-14-21-15-22(18)19(16-9-5-3-6-10-16)17-11-7-4-8-12-17/h3-12,14-15,19H,2,13H2,1H3. The van der Waals surface area contributed by atoms with Crippen molar-refractivity contribution in [1.82, 2.24) is 9.55 Å². The van der Waals surface area contributed by atoms with Crippen LogP contribution in [0.1, 0.15) is 41.0 Å². The molecule has 0 spiro atoms. The van der Waals surface area contributed by atoms with Crippen LogP contribution in [0.2, 0.25) is 0 Å². The second-order valence-corrected chi connectivity index (χ2v) is 5.55. The van der Waals surface area contributed by atoms with Gasteiger partial charge in [-0.15, -0.1) is 0 Å². The quantitative estimate of drug-likeness (QED) is 0.643. The van der Waals surface area contributed by atoms with E-state index in [0.717, 1.165) is 17.5 Å². The summed E-state index contributed by atoms with van der Waals surface area (Å²) in [5.74, 6) is -0.341. The molecule has 0 saturated heterocycles. The van der Waals surface area contributed by atoms with E-state index in [9.17, 15) is 4.79 Å². The monoisotopic (exact) mass is 320 g/mol. The number of carbonyl (C=O) groups excluding carboxylic acids is 1. The minimum atomic E-state index is -0.341. The molecule has 0 aliphatic heterocycles. The molecule has 122 valence electrons. The number of hydrogen-bond donors (Lipinski definition) is 0. The lowest BCUT2D eigenvalue weighted by atomic mass is 9.98. The topological polar surface area (TPSA) is 44.1 Å². The van der Waals surface area contributed by atoms with Gasteiger partial charge in [-0.2, -0.15) is 0 Å². The van der Waals surface area contributed by atoms with Crippen LogP contribution in [-0.2, 0) is 4.74 Å². The molecule has 0 atom stereocenters. The summed E-state index contributed by atoms with van der Waals surface area (Å²) in [5.41, 5.74) is 2.64. The summed E-state index contributed by atoms with van der Waals surface area (Å²) >= 11 is 0. The van der Waals surface area contributed by atoms with E-state index in [1.165, 1.54) is 0 Å². The maximum atomic E-state index is 12.4. The van der Waals surface area contributed by atoms with Gasteiger partial charge >= 0.3 is 5.97 Å². The number of hydrogen-bond acceptors (Lipinski definition) is 3. The van der Waals surface area contributed by atoms with Gasteiger partial charge in [-0.05, 0) is 17.5 Å². The molecule has 1 heterocycles. The normalized spacial score (nSPS) is 10.8. The van der Waals surface area contributed by atoms with Crippen molar-refractivity contribution in [3.05, 3.63) is 90.0 Å². The van der Waals surface area contributed by atoms with Crippen molar-refractivity contribution >= 4 is 5.97 Å². The SMILES string of the molecule is CCCOC(=O)c1cncn1C(c1ccccc1)c1ccccc1. The van der Waals surface area contributed by atoms with Crippen LogP contribution in [0, 0.1) is 0 Å². The zero-order chi connectivity index (χ0) is 16.8. The van der Waals surface area contributed by atoms with E-state index in [2.05, 4.69) is 29.2 Å². The first-order valence-corrected chi connectivity index (χ1v) is 8.10. The summed E-state index contributed by atoms with van der Waals surface area (Å²) in [6.45, 7) is 2.38. The Labute approximate surface area is 141 Å². The molecule has 0 unspecified atom stereocenters. The molecule has 1 aromatic heterocycles. The first kappa shape index (κ1) is 16.0. The summed E-state index contributed by atoms with van der Waals surface area (Å²) in [4.78, 5) is 16.6. The minimum Gasteiger partial charge on any atom is -0.461 e. The van der Waals surface area contributed by atoms with E-state index in [0.29, 0.717) is 12.3 Å². The van der Waals surface area contributed by atoms with Crippen molar-refractivity contribution in [3.8, 4) is 0 Å². The average molecular weight is 320 g/mol. The van der Waals surface area contributed by atoms with Gasteiger partial charge in [0.15, 0.2) is 0 Å². The molecule has 3 rings (SSSR count). The van der Waals surface area contributed by atoms with Gasteiger partial charge in [0.25, 0.3) is 0 Å². The van der Waals surface area contributed by atoms with Crippen molar-refractivity contribution in [3.63, 3.8) is 0 Å². The van der Waals surface area contributed by atoms with Crippen LogP contribution >= 0.6 is 0 Å². The summed E-state index contributed by atoms with van der Waals surface area (Å²) in [5, 5.41) is 0. The van der Waals surface area contributed by atoms with E-state index in [1.807, 2.05) is 47.9 Å². The summed E-state index contributed by atoms with van der Waals surface area (Å²) in [7, 11) is 0. The van der Waals surface area contributed by atoms with E-state index in [4.69, 9.17) is 4.74 Å². The van der Waals surface area contributed by atoms with E-state index in [1.54, 1.807) is 12.5 Å². The molecule has 0 amide bonds. The van der Waals surface area contributed by atoms with Gasteiger partial charge in [0.05, 0.1) is 25.2 Å². The number of imidazole rings is 1. The van der Waals surface area contributed by atoms with Crippen molar-refractivity contribution < 1.29 is 9.53 Å². The maximum absolute atomic E-state index is 12.4. The fourth-order valence-corrected chi connectivity index (χ4v) is 2.72. The molecule has 0 fully saturated rings. The van der Waals surface area contributed by atoms with Crippen LogP contribution < -0.4 is 0 Å². The Kier molecular flexibility index (Phi) is 5.06. The second-order valence-electron chi connectivity index (χ2n) is 5.55. The highest BCUT2D eigenvalue weighted by Crippen LogP contribution is 2.28. The molecule has 0 saturated carbocycles. The zero-order valence-corrected chi connectivity index (χ0v) is 13.6. The highest BCUT2D eigenvalue weighted by Gasteiger charge is 2.22. The first-order chi connectivity index (χ1) is 11.8. The van der Waals surface area contributed by atoms with Crippen LogP contribution in [0.4, 0.5) is 0 Å². The first-order valence-electron chi connectivity index (χ1n) is 8.10. The van der Waals surface area contributed by atoms with E-state index >= 15 is 0 Å². The number of nitrogens with zero attached hydrogens (tertiary/aromatic N) is 2. The minimum absolute atomic E-state index is 0.126. The van der Waals surface area contributed by atoms with Gasteiger partial charge < -0.3 is 9.30 Å². The molecular formula is C20H20N2O2. The molecule has 0 radical (unpaired) electrons. The van der Waals surface area contributed by atoms with Gasteiger partial charge in [-0.1, -0.05) is 67.6 Å². The Morgan fingerprint density at radius 2 is 1.62 bits per heavy atom. The number of esters is 1. The predicted octanol–water partition coefficient (Wildman–Crippen LogP) is 4.09. The van der Waals surface area contributed by atoms with Gasteiger partial charge in [0, 0.05) is 0 Å². The lowest BCUT2D eigenvalue weighted by Gasteiger charge is -2.21. The van der Waals surface area contributed by atoms with Gasteiger partial charge in [-0.3, -0.25) is 0 Å². The Morgan fingerprint density at radius 1 is 1.04 bits per heavy atom. The Bertz CT molecular complexity index is 742. The fraction of sp³-hybridized carbons (Fsp3) is 0.200. The largest absolute Gasteiger partial charge is 0.461 e. The second kappa shape index (κ2) is 7.59. The Balaban J connectivity index is 2.05. The van der Waals surface area contributed by atoms with Crippen LogP contribution in [0.3, 0.4) is 0 Å². The molecule has 0 aliphatic carbocycles. The Morgan fingerprint density at radius 3 is 2.17 bits per heavy atom. The zero-order valence-electron chi connectivity index (χ0n) is 13.6. The maximum Gasteiger partial charge on any atom is 0.356 e. The smallest absolute Gasteiger partial charge is 0.356 e. The Hall–Kier alpha value is -2.88. The molecule has 4 nitrogen and oxygen atoms in total. The molecule has 0 aliphatic rings. The molecule has 4 heteroatoms. The molecule has 24 heavy (non-hydrogen) atoms. The lowest BCUT2D eigenvalue weighted by Crippen LogP contribution is -2.18. The number of rotatable bonds is 6. The number of carbonyl (C=O) groups is 1. The van der Waals surface area contributed by atoms with Crippen molar-refractivity contribution in [2.24, 2.45) is 0 Å². The fourth-order valence-electron chi connectivity index (χ4n) is 2.72. The van der Waals surface area contributed by atoms with Gasteiger partial charge in [0.1, 0.15) is 5.69 Å². The van der Waals surface area contributed by atoms with E-state index < -0.39 is 0 Å². The third kappa shape index (κ3) is 3.38. The van der Waals surface area contributed by atoms with Crippen LogP contribution in [0.25, 0.3) is 0 Å². The summed E-state index contributed by atoms with van der Waals surface area (Å²) in [6, 6.07) is 20.0. The number of aromatic nitrogens is 2. The van der Waals surface area contributed by atoms with Crippen LogP contribution in [0.5, 0.6) is 0 Å². The van der Waals surface area contributed by atoms with Crippen LogP contribution in [0.15, 0.2) is 73.2 Å². The average Bonchev–Trinajstić information content (AvgIpc) is 3.11. The van der Waals surface area contributed by atoms with Gasteiger partial charge in [-0.25, -0.2) is 9.78 Å². The summed E-state index contributed by atoms with van der Waals surface area (Å²) < 4.78 is 7.18. The highest BCUT2D eigenvalue weighted by atomic mass is 16.5. The van der Waals surface area contributed by atoms with Crippen molar-refractivity contribution in [2.45, 2.75) is 19.4 Å². The van der Waals surface area contributed by atoms with Crippen LogP contribution in [-0.4, -0.2) is 22.1 Å². The van der Waals surface area contributed by atoms with Crippen molar-refractivity contribution in [1.29, 1.82) is 0 Å². The molecule has 0 bridgehead atoms. The lowest BCUT2D eigenvalue weighted by molar-refractivity contribution is 0.0492. The van der Waals surface area contributed by atoms with Gasteiger partial charge in [0.2, 0.25) is 0 Å². The third-order valence-corrected chi connectivity index (χ3v) is 3.82. The third-order valence-electron chi connectivity index (χ3n) is 3.82. The molecule has 3 aromatic rings. The summed E-state index contributed by atoms with van der Waals surface area (Å²) in [6.07, 6.45) is 4.05. The predicted molar refractivity (Wildman–Crippen MR) is 92.9 cm³/mol. The number of ether oxygens (including phenoxy) is 1. The van der Waals surface area contributed by atoms with Crippen molar-refractivity contribution in [2.75, 3.05) is 6.61 Å². The molecule has 0 N–H and O–H groups in total. The highest BCUT2D eigenvalue weighted by molar-refractivity contribution is 5.87. The van der Waals surface area contributed by atoms with E-state index in [-0.39, 0.29) is 12.0 Å². The molecular weight excluding hydrogens is 300 g/mol. The number of benzene rings is 2.